The van der Waals surface area contributed by atoms with Gasteiger partial charge in [-0.05, 0) is 115 Å². The average molecular weight is 653 g/mol. The Hall–Kier alpha value is -0.830. The summed E-state index contributed by atoms with van der Waals surface area (Å²) in [5.74, 6) is 2.95. The Bertz CT molecular complexity index is 1090. The van der Waals surface area contributed by atoms with Crippen LogP contribution in [-0.4, -0.2) is 23.3 Å². The highest BCUT2D eigenvalue weighted by Crippen LogP contribution is 2.77. The maximum Gasteiger partial charge on any atom is 0.306 e. The van der Waals surface area contributed by atoms with Gasteiger partial charge < -0.3 is 9.84 Å². The molecule has 0 radical (unpaired) electrons. The van der Waals surface area contributed by atoms with Gasteiger partial charge in [0.2, 0.25) is 0 Å². The Labute approximate surface area is 291 Å². The fraction of sp³-hybridized carbons (Fsp3) is 0.932. The Balaban J connectivity index is 1.18. The van der Waals surface area contributed by atoms with Crippen molar-refractivity contribution in [1.29, 1.82) is 0 Å². The molecule has 0 saturated heterocycles. The van der Waals surface area contributed by atoms with Gasteiger partial charge >= 0.3 is 5.97 Å². The van der Waals surface area contributed by atoms with Crippen molar-refractivity contribution in [3.05, 3.63) is 12.2 Å². The predicted molar refractivity (Wildman–Crippen MR) is 197 cm³/mol. The van der Waals surface area contributed by atoms with E-state index in [-0.39, 0.29) is 45.3 Å². The molecule has 5 saturated carbocycles. The van der Waals surface area contributed by atoms with Crippen molar-refractivity contribution in [2.45, 2.75) is 202 Å². The van der Waals surface area contributed by atoms with Crippen LogP contribution < -0.4 is 0 Å². The summed E-state index contributed by atoms with van der Waals surface area (Å²) < 4.78 is 6.39. The number of fused-ring (bicyclic) bond motifs is 7. The van der Waals surface area contributed by atoms with Gasteiger partial charge in [0, 0.05) is 11.8 Å². The molecule has 0 amide bonds. The molecule has 0 aromatic rings. The van der Waals surface area contributed by atoms with Crippen LogP contribution in [0.25, 0.3) is 0 Å². The van der Waals surface area contributed by atoms with Crippen LogP contribution in [0.1, 0.15) is 190 Å². The largest absolute Gasteiger partial charge is 0.462 e. The number of rotatable bonds is 13. The molecule has 0 aliphatic heterocycles. The van der Waals surface area contributed by atoms with Crippen molar-refractivity contribution >= 4 is 5.97 Å². The van der Waals surface area contributed by atoms with Gasteiger partial charge in [-0.3, -0.25) is 4.79 Å². The topological polar surface area (TPSA) is 46.5 Å². The molecule has 270 valence electrons. The van der Waals surface area contributed by atoms with E-state index in [0.29, 0.717) is 36.0 Å². The van der Waals surface area contributed by atoms with Gasteiger partial charge in [0.15, 0.2) is 0 Å². The minimum Gasteiger partial charge on any atom is -0.462 e. The van der Waals surface area contributed by atoms with E-state index < -0.39 is 0 Å². The van der Waals surface area contributed by atoms with Crippen LogP contribution in [-0.2, 0) is 9.53 Å². The first kappa shape index (κ1) is 37.4. The van der Waals surface area contributed by atoms with E-state index in [2.05, 4.69) is 62.0 Å². The first-order valence-corrected chi connectivity index (χ1v) is 20.7. The maximum absolute atomic E-state index is 13.1. The van der Waals surface area contributed by atoms with Gasteiger partial charge in [-0.25, -0.2) is 0 Å². The molecule has 5 aliphatic rings. The van der Waals surface area contributed by atoms with Crippen LogP contribution in [0, 0.1) is 56.7 Å². The Morgan fingerprint density at radius 2 is 1.38 bits per heavy atom. The quantitative estimate of drug-likeness (QED) is 0.122. The van der Waals surface area contributed by atoms with Crippen LogP contribution >= 0.6 is 0 Å². The van der Waals surface area contributed by atoms with Crippen molar-refractivity contribution in [3.63, 3.8) is 0 Å². The van der Waals surface area contributed by atoms with E-state index >= 15 is 0 Å². The highest BCUT2D eigenvalue weighted by atomic mass is 16.5. The zero-order valence-corrected chi connectivity index (χ0v) is 32.4. The number of hydrogen-bond acceptors (Lipinski definition) is 3. The standard InChI is InChI=1S/C44H76O3/c1-10-11-12-13-14-15-16-17-18-19-20-21-38(46)47-37-26-28-41(6)34(40(37,4)5)25-29-43(8)35(41)23-22-33-39-32(3)31(2)24-27-42(39,7)36(45)30-44(33,43)9/h32-37,39,45H,2,10-30H2,1,3-9H3. The van der Waals surface area contributed by atoms with Crippen molar-refractivity contribution in [3.8, 4) is 0 Å². The molecule has 0 aromatic carbocycles. The number of esters is 1. The van der Waals surface area contributed by atoms with Crippen LogP contribution in [0.15, 0.2) is 12.2 Å². The van der Waals surface area contributed by atoms with Crippen molar-refractivity contribution < 1.29 is 14.6 Å². The highest BCUT2D eigenvalue weighted by Gasteiger charge is 2.71. The van der Waals surface area contributed by atoms with E-state index in [4.69, 9.17) is 4.74 Å². The third-order valence-electron chi connectivity index (χ3n) is 16.9. The minimum atomic E-state index is -0.225. The molecule has 5 rings (SSSR count). The van der Waals surface area contributed by atoms with E-state index in [9.17, 15) is 9.90 Å². The molecule has 47 heavy (non-hydrogen) atoms. The zero-order chi connectivity index (χ0) is 34.3. The molecule has 0 aromatic heterocycles. The van der Waals surface area contributed by atoms with E-state index in [1.165, 1.54) is 89.0 Å². The van der Waals surface area contributed by atoms with E-state index in [1.54, 1.807) is 0 Å². The van der Waals surface area contributed by atoms with Crippen LogP contribution in [0.5, 0.6) is 0 Å². The van der Waals surface area contributed by atoms with Crippen LogP contribution in [0.3, 0.4) is 0 Å². The van der Waals surface area contributed by atoms with E-state index in [0.717, 1.165) is 44.9 Å². The van der Waals surface area contributed by atoms with Crippen LogP contribution in [0.4, 0.5) is 0 Å². The Kier molecular flexibility index (Phi) is 11.5. The molecule has 3 nitrogen and oxygen atoms in total. The molecule has 0 spiro atoms. The number of allylic oxidation sites excluding steroid dienone is 1. The van der Waals surface area contributed by atoms with Crippen molar-refractivity contribution in [1.82, 2.24) is 0 Å². The molecule has 3 heteroatoms. The number of hydrogen-bond donors (Lipinski definition) is 1. The molecule has 1 N–H and O–H groups in total. The monoisotopic (exact) mass is 653 g/mol. The normalized spacial score (nSPS) is 44.1. The van der Waals surface area contributed by atoms with Gasteiger partial charge in [0.1, 0.15) is 6.10 Å². The van der Waals surface area contributed by atoms with Gasteiger partial charge in [0.25, 0.3) is 0 Å². The molecule has 11 unspecified atom stereocenters. The lowest BCUT2D eigenvalue weighted by Crippen LogP contribution is -2.69. The second-order valence-corrected chi connectivity index (χ2v) is 19.5. The summed E-state index contributed by atoms with van der Waals surface area (Å²) in [7, 11) is 0. The van der Waals surface area contributed by atoms with Crippen molar-refractivity contribution in [2.24, 2.45) is 56.7 Å². The summed E-state index contributed by atoms with van der Waals surface area (Å²) in [6.07, 6.45) is 25.1. The van der Waals surface area contributed by atoms with Crippen LogP contribution in [0.2, 0.25) is 0 Å². The van der Waals surface area contributed by atoms with Gasteiger partial charge in [-0.1, -0.05) is 132 Å². The third kappa shape index (κ3) is 6.57. The zero-order valence-electron chi connectivity index (χ0n) is 32.4. The Morgan fingerprint density at radius 1 is 0.766 bits per heavy atom. The summed E-state index contributed by atoms with van der Waals surface area (Å²) in [4.78, 5) is 13.1. The minimum absolute atomic E-state index is 0.0147. The lowest BCUT2D eigenvalue weighted by atomic mass is 9.31. The SMILES string of the molecule is C=C1CCC2(C)C(O)CC3(C)C(CCC4C5(C)CCC(OC(=O)CCCCCCCCCCCCC)C(C)(C)C5CCC43C)C2C1C. The number of carbonyl (C=O) groups is 1. The van der Waals surface area contributed by atoms with E-state index in [1.807, 2.05) is 0 Å². The maximum atomic E-state index is 13.1. The summed E-state index contributed by atoms with van der Waals surface area (Å²) in [6.45, 7) is 24.4. The van der Waals surface area contributed by atoms with Crippen molar-refractivity contribution in [2.75, 3.05) is 0 Å². The molecular weight excluding hydrogens is 576 g/mol. The molecular formula is C44H76O3. The molecule has 5 fully saturated rings. The fourth-order valence-electron chi connectivity index (χ4n) is 13.8. The lowest BCUT2D eigenvalue weighted by Gasteiger charge is -2.74. The number of carbonyl (C=O) groups excluding carboxylic acids is 1. The van der Waals surface area contributed by atoms with Gasteiger partial charge in [-0.2, -0.15) is 0 Å². The second-order valence-electron chi connectivity index (χ2n) is 19.5. The summed E-state index contributed by atoms with van der Waals surface area (Å²) in [5, 5.41) is 12.0. The summed E-state index contributed by atoms with van der Waals surface area (Å²) >= 11 is 0. The number of unbranched alkanes of at least 4 members (excludes halogenated alkanes) is 10. The first-order chi connectivity index (χ1) is 22.2. The number of aliphatic hydroxyl groups excluding tert-OH is 1. The first-order valence-electron chi connectivity index (χ1n) is 20.7. The number of aliphatic hydroxyl groups is 1. The Morgan fingerprint density at radius 3 is 2.02 bits per heavy atom. The molecule has 0 bridgehead atoms. The lowest BCUT2D eigenvalue weighted by molar-refractivity contribution is -0.270. The molecule has 5 aliphatic carbocycles. The summed E-state index contributed by atoms with van der Waals surface area (Å²) in [5.41, 5.74) is 2.03. The average Bonchev–Trinajstić information content (AvgIpc) is 3.00. The molecule has 11 atom stereocenters. The highest BCUT2D eigenvalue weighted by molar-refractivity contribution is 5.69. The smallest absolute Gasteiger partial charge is 0.306 e. The second kappa shape index (κ2) is 14.4. The van der Waals surface area contributed by atoms with Gasteiger partial charge in [-0.15, -0.1) is 0 Å². The fourth-order valence-corrected chi connectivity index (χ4v) is 13.8. The molecule has 0 heterocycles. The predicted octanol–water partition coefficient (Wildman–Crippen LogP) is 12.2. The number of ether oxygens (including phenoxy) is 1. The van der Waals surface area contributed by atoms with Gasteiger partial charge in [0.05, 0.1) is 6.10 Å². The third-order valence-corrected chi connectivity index (χ3v) is 16.9. The summed E-state index contributed by atoms with van der Waals surface area (Å²) in [6, 6.07) is 0.